The van der Waals surface area contributed by atoms with Gasteiger partial charge in [0.05, 0.1) is 0 Å². The molecule has 2 aromatic heterocycles. The SMILES string of the molecule is Cc1ccc(CNC(=O)CC2CN(c3cc(Cl)nc(-n4ccnc4)n3)CCN2C)cc1. The highest BCUT2D eigenvalue weighted by molar-refractivity contribution is 6.29. The zero-order valence-corrected chi connectivity index (χ0v) is 18.5. The summed E-state index contributed by atoms with van der Waals surface area (Å²) < 4.78 is 1.72. The lowest BCUT2D eigenvalue weighted by atomic mass is 10.1. The fraction of sp³-hybridized carbons (Fsp3) is 0.364. The average molecular weight is 440 g/mol. The number of piperazine rings is 1. The van der Waals surface area contributed by atoms with Crippen molar-refractivity contribution in [2.24, 2.45) is 0 Å². The lowest BCUT2D eigenvalue weighted by Gasteiger charge is -2.39. The molecule has 0 aliphatic carbocycles. The second-order valence-electron chi connectivity index (χ2n) is 7.87. The Hall–Kier alpha value is -2.97. The van der Waals surface area contributed by atoms with Gasteiger partial charge < -0.3 is 10.2 Å². The monoisotopic (exact) mass is 439 g/mol. The molecule has 1 saturated heterocycles. The number of carbonyl (C=O) groups is 1. The van der Waals surface area contributed by atoms with E-state index in [2.05, 4.69) is 56.2 Å². The number of hydrogen-bond acceptors (Lipinski definition) is 6. The van der Waals surface area contributed by atoms with Gasteiger partial charge in [-0.25, -0.2) is 9.97 Å². The quantitative estimate of drug-likeness (QED) is 0.594. The molecule has 0 radical (unpaired) electrons. The van der Waals surface area contributed by atoms with E-state index in [1.165, 1.54) is 5.56 Å². The average Bonchev–Trinajstić information content (AvgIpc) is 3.29. The number of halogens is 1. The third-order valence-electron chi connectivity index (χ3n) is 5.54. The van der Waals surface area contributed by atoms with E-state index in [-0.39, 0.29) is 11.9 Å². The van der Waals surface area contributed by atoms with Crippen LogP contribution in [0.5, 0.6) is 0 Å². The fourth-order valence-corrected chi connectivity index (χ4v) is 3.79. The highest BCUT2D eigenvalue weighted by atomic mass is 35.5. The summed E-state index contributed by atoms with van der Waals surface area (Å²) in [5.41, 5.74) is 2.31. The molecular formula is C22H26ClN7O. The predicted octanol–water partition coefficient (Wildman–Crippen LogP) is 2.45. The number of hydrogen-bond donors (Lipinski definition) is 1. The second kappa shape index (κ2) is 9.45. The molecule has 1 N–H and O–H groups in total. The Morgan fingerprint density at radius 2 is 2.03 bits per heavy atom. The van der Waals surface area contributed by atoms with Crippen LogP contribution in [-0.4, -0.2) is 63.0 Å². The minimum atomic E-state index is 0.0408. The van der Waals surface area contributed by atoms with Crippen molar-refractivity contribution in [3.63, 3.8) is 0 Å². The molecule has 1 fully saturated rings. The maximum Gasteiger partial charge on any atom is 0.238 e. The molecular weight excluding hydrogens is 414 g/mol. The minimum Gasteiger partial charge on any atom is -0.354 e. The van der Waals surface area contributed by atoms with Gasteiger partial charge in [-0.1, -0.05) is 41.4 Å². The number of likely N-dealkylation sites (N-methyl/N-ethyl adjacent to an activating group) is 1. The van der Waals surface area contributed by atoms with E-state index in [1.54, 1.807) is 29.4 Å². The Labute approximate surface area is 186 Å². The smallest absolute Gasteiger partial charge is 0.238 e. The Balaban J connectivity index is 1.40. The molecule has 8 nitrogen and oxygen atoms in total. The number of imidazole rings is 1. The third-order valence-corrected chi connectivity index (χ3v) is 5.73. The number of nitrogens with one attached hydrogen (secondary N) is 1. The number of nitrogens with zero attached hydrogens (tertiary/aromatic N) is 6. The molecule has 3 aromatic rings. The summed E-state index contributed by atoms with van der Waals surface area (Å²) in [4.78, 5) is 30.0. The van der Waals surface area contributed by atoms with Crippen LogP contribution in [0.25, 0.3) is 5.95 Å². The van der Waals surface area contributed by atoms with Crippen LogP contribution >= 0.6 is 11.6 Å². The molecule has 0 bridgehead atoms. The van der Waals surface area contributed by atoms with Crippen molar-refractivity contribution >= 4 is 23.3 Å². The summed E-state index contributed by atoms with van der Waals surface area (Å²) in [5.74, 6) is 1.27. The molecule has 1 amide bonds. The first-order chi connectivity index (χ1) is 15.0. The molecule has 1 aliphatic heterocycles. The van der Waals surface area contributed by atoms with Crippen molar-refractivity contribution < 1.29 is 4.79 Å². The van der Waals surface area contributed by atoms with Crippen LogP contribution < -0.4 is 10.2 Å². The number of amides is 1. The van der Waals surface area contributed by atoms with Gasteiger partial charge in [-0.3, -0.25) is 14.3 Å². The van der Waals surface area contributed by atoms with E-state index in [4.69, 9.17) is 11.6 Å². The molecule has 1 aromatic carbocycles. The van der Waals surface area contributed by atoms with E-state index in [9.17, 15) is 4.79 Å². The molecule has 0 saturated carbocycles. The lowest BCUT2D eigenvalue weighted by molar-refractivity contribution is -0.122. The van der Waals surface area contributed by atoms with E-state index in [1.807, 2.05) is 12.1 Å². The van der Waals surface area contributed by atoms with Gasteiger partial charge in [-0.05, 0) is 19.5 Å². The third kappa shape index (κ3) is 5.39. The van der Waals surface area contributed by atoms with Gasteiger partial charge in [0.2, 0.25) is 11.9 Å². The summed E-state index contributed by atoms with van der Waals surface area (Å²) in [6, 6.07) is 10.0. The Bertz CT molecular complexity index is 1020. The van der Waals surface area contributed by atoms with Crippen LogP contribution in [0.15, 0.2) is 49.1 Å². The van der Waals surface area contributed by atoms with Crippen LogP contribution in [0.3, 0.4) is 0 Å². The summed E-state index contributed by atoms with van der Waals surface area (Å²) in [6.45, 7) is 4.91. The first kappa shape index (κ1) is 21.3. The predicted molar refractivity (Wildman–Crippen MR) is 120 cm³/mol. The normalized spacial score (nSPS) is 17.0. The van der Waals surface area contributed by atoms with Crippen molar-refractivity contribution in [2.75, 3.05) is 31.6 Å². The van der Waals surface area contributed by atoms with E-state index < -0.39 is 0 Å². The zero-order chi connectivity index (χ0) is 21.8. The summed E-state index contributed by atoms with van der Waals surface area (Å²) in [6.07, 6.45) is 5.51. The maximum absolute atomic E-state index is 12.6. The van der Waals surface area contributed by atoms with Gasteiger partial charge in [0.25, 0.3) is 0 Å². The molecule has 1 atom stereocenters. The Kier molecular flexibility index (Phi) is 6.48. The molecule has 4 rings (SSSR count). The van der Waals surface area contributed by atoms with E-state index >= 15 is 0 Å². The summed E-state index contributed by atoms with van der Waals surface area (Å²) in [7, 11) is 2.05. The highest BCUT2D eigenvalue weighted by Gasteiger charge is 2.27. The number of aryl methyl sites for hydroxylation is 1. The molecule has 1 unspecified atom stereocenters. The van der Waals surface area contributed by atoms with Crippen molar-refractivity contribution in [1.29, 1.82) is 0 Å². The number of aromatic nitrogens is 4. The summed E-state index contributed by atoms with van der Waals surface area (Å²) in [5, 5.41) is 3.41. The van der Waals surface area contributed by atoms with E-state index in [0.717, 1.165) is 24.5 Å². The number of anilines is 1. The van der Waals surface area contributed by atoms with Crippen molar-refractivity contribution in [3.05, 3.63) is 65.3 Å². The van der Waals surface area contributed by atoms with Crippen LogP contribution in [0.1, 0.15) is 17.5 Å². The van der Waals surface area contributed by atoms with Crippen LogP contribution in [0.2, 0.25) is 5.15 Å². The molecule has 1 aliphatic rings. The van der Waals surface area contributed by atoms with Crippen molar-refractivity contribution in [1.82, 2.24) is 29.7 Å². The van der Waals surface area contributed by atoms with Crippen LogP contribution in [0, 0.1) is 6.92 Å². The van der Waals surface area contributed by atoms with Gasteiger partial charge in [0, 0.05) is 57.1 Å². The van der Waals surface area contributed by atoms with Gasteiger partial charge in [0.15, 0.2) is 0 Å². The summed E-state index contributed by atoms with van der Waals surface area (Å²) >= 11 is 6.26. The standard InChI is InChI=1S/C22H26ClN7O/c1-16-3-5-17(6-4-16)13-25-21(31)11-18-14-29(10-9-28(18)2)20-12-19(23)26-22(27-20)30-8-7-24-15-30/h3-8,12,15,18H,9-11,13-14H2,1-2H3,(H,25,31). The van der Waals surface area contributed by atoms with E-state index in [0.29, 0.717) is 30.6 Å². The largest absolute Gasteiger partial charge is 0.354 e. The fourth-order valence-electron chi connectivity index (χ4n) is 3.62. The molecule has 0 spiro atoms. The topological polar surface area (TPSA) is 79.2 Å². The zero-order valence-electron chi connectivity index (χ0n) is 17.7. The van der Waals surface area contributed by atoms with Crippen LogP contribution in [0.4, 0.5) is 5.82 Å². The van der Waals surface area contributed by atoms with Gasteiger partial charge in [-0.2, -0.15) is 4.98 Å². The maximum atomic E-state index is 12.6. The van der Waals surface area contributed by atoms with Gasteiger partial charge in [0.1, 0.15) is 17.3 Å². The first-order valence-corrected chi connectivity index (χ1v) is 10.7. The van der Waals surface area contributed by atoms with Crippen molar-refractivity contribution in [3.8, 4) is 5.95 Å². The first-order valence-electron chi connectivity index (χ1n) is 10.3. The van der Waals surface area contributed by atoms with Crippen LogP contribution in [-0.2, 0) is 11.3 Å². The van der Waals surface area contributed by atoms with Gasteiger partial charge >= 0.3 is 0 Å². The Morgan fingerprint density at radius 3 is 2.77 bits per heavy atom. The molecule has 162 valence electrons. The Morgan fingerprint density at radius 1 is 1.23 bits per heavy atom. The van der Waals surface area contributed by atoms with Crippen molar-refractivity contribution in [2.45, 2.75) is 25.9 Å². The highest BCUT2D eigenvalue weighted by Crippen LogP contribution is 2.22. The molecule has 9 heteroatoms. The molecule has 31 heavy (non-hydrogen) atoms. The lowest BCUT2D eigenvalue weighted by Crippen LogP contribution is -2.53. The minimum absolute atomic E-state index is 0.0408. The van der Waals surface area contributed by atoms with Gasteiger partial charge in [-0.15, -0.1) is 0 Å². The number of rotatable bonds is 6. The molecule has 3 heterocycles. The number of carbonyl (C=O) groups excluding carboxylic acids is 1. The number of benzene rings is 1. The second-order valence-corrected chi connectivity index (χ2v) is 8.25.